The average molecular weight is 258 g/mol. The lowest BCUT2D eigenvalue weighted by molar-refractivity contribution is 0.121. The van der Waals surface area contributed by atoms with Crippen LogP contribution in [0.3, 0.4) is 0 Å². The maximum Gasteiger partial charge on any atom is 0.119 e. The molecule has 0 aromatic heterocycles. The maximum absolute atomic E-state index is 5.53. The van der Waals surface area contributed by atoms with Crippen LogP contribution in [0.2, 0.25) is 0 Å². The minimum atomic E-state index is 0.555. The van der Waals surface area contributed by atoms with Crippen molar-refractivity contribution in [3.05, 3.63) is 29.8 Å². The van der Waals surface area contributed by atoms with Crippen LogP contribution in [0.1, 0.15) is 5.56 Å². The monoisotopic (exact) mass is 257 g/mol. The highest BCUT2D eigenvalue weighted by molar-refractivity contribution is 6.17. The third-order valence-corrected chi connectivity index (χ3v) is 2.58. The fourth-order valence-corrected chi connectivity index (χ4v) is 1.65. The van der Waals surface area contributed by atoms with Gasteiger partial charge in [-0.05, 0) is 24.7 Å². The zero-order valence-corrected chi connectivity index (χ0v) is 11.2. The van der Waals surface area contributed by atoms with Gasteiger partial charge in [0, 0.05) is 19.0 Å². The summed E-state index contributed by atoms with van der Waals surface area (Å²) >= 11 is 5.53. The van der Waals surface area contributed by atoms with E-state index in [9.17, 15) is 0 Å². The first-order valence-electron chi connectivity index (χ1n) is 5.71. The molecule has 17 heavy (non-hydrogen) atoms. The summed E-state index contributed by atoms with van der Waals surface area (Å²) in [5.74, 6) is 1.45. The predicted octanol–water partition coefficient (Wildman–Crippen LogP) is 2.38. The van der Waals surface area contributed by atoms with Crippen molar-refractivity contribution in [1.29, 1.82) is 0 Å². The van der Waals surface area contributed by atoms with Gasteiger partial charge in [0.25, 0.3) is 0 Å². The lowest BCUT2D eigenvalue weighted by Crippen LogP contribution is -2.23. The van der Waals surface area contributed by atoms with Gasteiger partial charge in [-0.3, -0.25) is 4.90 Å². The Bertz CT molecular complexity index is 320. The van der Waals surface area contributed by atoms with E-state index in [4.69, 9.17) is 21.1 Å². The van der Waals surface area contributed by atoms with Crippen molar-refractivity contribution in [2.24, 2.45) is 0 Å². The molecule has 0 aliphatic heterocycles. The van der Waals surface area contributed by atoms with Crippen molar-refractivity contribution in [3.8, 4) is 5.75 Å². The van der Waals surface area contributed by atoms with E-state index in [1.54, 1.807) is 7.11 Å². The van der Waals surface area contributed by atoms with Gasteiger partial charge in [-0.1, -0.05) is 12.1 Å². The molecule has 0 bridgehead atoms. The third kappa shape index (κ3) is 5.91. The third-order valence-electron chi connectivity index (χ3n) is 2.43. The summed E-state index contributed by atoms with van der Waals surface area (Å²) in [5, 5.41) is 0. The molecule has 1 rings (SSSR count). The van der Waals surface area contributed by atoms with E-state index in [2.05, 4.69) is 24.1 Å². The van der Waals surface area contributed by atoms with Gasteiger partial charge in [0.1, 0.15) is 5.75 Å². The number of rotatable bonds is 8. The first-order valence-corrected chi connectivity index (χ1v) is 6.25. The number of nitrogens with zero attached hydrogens (tertiary/aromatic N) is 1. The molecule has 1 aromatic rings. The van der Waals surface area contributed by atoms with Crippen LogP contribution in [-0.4, -0.2) is 44.7 Å². The Morgan fingerprint density at radius 3 is 2.82 bits per heavy atom. The van der Waals surface area contributed by atoms with Gasteiger partial charge in [0.05, 0.1) is 20.3 Å². The second-order valence-electron chi connectivity index (χ2n) is 3.89. The largest absolute Gasteiger partial charge is 0.497 e. The van der Waals surface area contributed by atoms with Crippen molar-refractivity contribution >= 4 is 11.6 Å². The van der Waals surface area contributed by atoms with Gasteiger partial charge in [0.2, 0.25) is 0 Å². The second kappa shape index (κ2) is 8.34. The summed E-state index contributed by atoms with van der Waals surface area (Å²) in [5.41, 5.74) is 1.24. The molecule has 0 amide bonds. The predicted molar refractivity (Wildman–Crippen MR) is 70.9 cm³/mol. The smallest absolute Gasteiger partial charge is 0.119 e. The molecule has 0 atom stereocenters. The number of benzene rings is 1. The molecule has 4 heteroatoms. The lowest BCUT2D eigenvalue weighted by atomic mass is 10.2. The highest BCUT2D eigenvalue weighted by Gasteiger charge is 2.01. The molecular formula is C13H20ClNO2. The van der Waals surface area contributed by atoms with Gasteiger partial charge in [-0.25, -0.2) is 0 Å². The molecule has 0 aliphatic carbocycles. The molecule has 96 valence electrons. The van der Waals surface area contributed by atoms with Crippen molar-refractivity contribution < 1.29 is 9.47 Å². The molecule has 0 heterocycles. The van der Waals surface area contributed by atoms with Crippen molar-refractivity contribution in [2.45, 2.75) is 6.54 Å². The van der Waals surface area contributed by atoms with Crippen LogP contribution in [0.25, 0.3) is 0 Å². The zero-order valence-electron chi connectivity index (χ0n) is 10.5. The molecule has 0 N–H and O–H groups in total. The molecule has 0 aliphatic rings. The van der Waals surface area contributed by atoms with Crippen LogP contribution < -0.4 is 4.74 Å². The van der Waals surface area contributed by atoms with Crippen molar-refractivity contribution in [1.82, 2.24) is 4.90 Å². The number of hydrogen-bond acceptors (Lipinski definition) is 3. The first kappa shape index (κ1) is 14.3. The second-order valence-corrected chi connectivity index (χ2v) is 4.27. The topological polar surface area (TPSA) is 21.7 Å². The Kier molecular flexibility index (Phi) is 7.01. The van der Waals surface area contributed by atoms with E-state index >= 15 is 0 Å². The highest BCUT2D eigenvalue weighted by Crippen LogP contribution is 2.13. The highest BCUT2D eigenvalue weighted by atomic mass is 35.5. The maximum atomic E-state index is 5.53. The Morgan fingerprint density at radius 2 is 2.12 bits per heavy atom. The fraction of sp³-hybridized carbons (Fsp3) is 0.538. The fourth-order valence-electron chi connectivity index (χ4n) is 1.54. The van der Waals surface area contributed by atoms with E-state index in [1.165, 1.54) is 5.56 Å². The van der Waals surface area contributed by atoms with Gasteiger partial charge in [-0.2, -0.15) is 0 Å². The Morgan fingerprint density at radius 1 is 1.29 bits per heavy atom. The SMILES string of the molecule is COc1cccc(CN(C)CCOCCCl)c1. The van der Waals surface area contributed by atoms with Crippen LogP contribution in [0.4, 0.5) is 0 Å². The normalized spacial score (nSPS) is 10.8. The standard InChI is InChI=1S/C13H20ClNO2/c1-15(7-9-17-8-6-14)11-12-4-3-5-13(10-12)16-2/h3-5,10H,6-9,11H2,1-2H3. The van der Waals surface area contributed by atoms with E-state index in [0.29, 0.717) is 19.1 Å². The molecule has 0 radical (unpaired) electrons. The average Bonchev–Trinajstić information content (AvgIpc) is 2.35. The van der Waals surface area contributed by atoms with Crippen LogP contribution in [0.15, 0.2) is 24.3 Å². The Balaban J connectivity index is 2.31. The molecule has 0 saturated heterocycles. The van der Waals surface area contributed by atoms with Gasteiger partial charge >= 0.3 is 0 Å². The minimum absolute atomic E-state index is 0.555. The Labute approximate surface area is 108 Å². The molecule has 0 unspecified atom stereocenters. The van der Waals surface area contributed by atoms with Crippen molar-refractivity contribution in [2.75, 3.05) is 39.8 Å². The van der Waals surface area contributed by atoms with Gasteiger partial charge in [-0.15, -0.1) is 11.6 Å². The number of likely N-dealkylation sites (N-methyl/N-ethyl adjacent to an activating group) is 1. The van der Waals surface area contributed by atoms with Crippen LogP contribution >= 0.6 is 11.6 Å². The summed E-state index contributed by atoms with van der Waals surface area (Å²) in [6.07, 6.45) is 0. The van der Waals surface area contributed by atoms with E-state index in [1.807, 2.05) is 12.1 Å². The van der Waals surface area contributed by atoms with E-state index in [-0.39, 0.29) is 0 Å². The molecular weight excluding hydrogens is 238 g/mol. The zero-order chi connectivity index (χ0) is 12.5. The quantitative estimate of drug-likeness (QED) is 0.527. The number of hydrogen-bond donors (Lipinski definition) is 0. The Hall–Kier alpha value is -0.770. The number of halogens is 1. The van der Waals surface area contributed by atoms with E-state index < -0.39 is 0 Å². The molecule has 0 fully saturated rings. The first-order chi connectivity index (χ1) is 8.26. The van der Waals surface area contributed by atoms with Crippen molar-refractivity contribution in [3.63, 3.8) is 0 Å². The summed E-state index contributed by atoms with van der Waals surface area (Å²) < 4.78 is 10.5. The number of alkyl halides is 1. The molecule has 0 saturated carbocycles. The molecule has 3 nitrogen and oxygen atoms in total. The van der Waals surface area contributed by atoms with E-state index in [0.717, 1.165) is 18.8 Å². The summed E-state index contributed by atoms with van der Waals surface area (Å²) in [6.45, 7) is 3.12. The minimum Gasteiger partial charge on any atom is -0.497 e. The van der Waals surface area contributed by atoms with Crippen LogP contribution in [0.5, 0.6) is 5.75 Å². The molecule has 0 spiro atoms. The van der Waals surface area contributed by atoms with Crippen LogP contribution in [0, 0.1) is 0 Å². The summed E-state index contributed by atoms with van der Waals surface area (Å²) in [4.78, 5) is 2.21. The lowest BCUT2D eigenvalue weighted by Gasteiger charge is -2.16. The number of ether oxygens (including phenoxy) is 2. The van der Waals surface area contributed by atoms with Gasteiger partial charge in [0.15, 0.2) is 0 Å². The number of methoxy groups -OCH3 is 1. The van der Waals surface area contributed by atoms with Crippen LogP contribution in [-0.2, 0) is 11.3 Å². The van der Waals surface area contributed by atoms with Gasteiger partial charge < -0.3 is 9.47 Å². The summed E-state index contributed by atoms with van der Waals surface area (Å²) in [7, 11) is 3.76. The summed E-state index contributed by atoms with van der Waals surface area (Å²) in [6, 6.07) is 8.11. The molecule has 1 aromatic carbocycles.